The SMILES string of the molecule is c1ccc(-c2n[nH]c([C@H]3CCCN(Cc4ccco4)C3)n2)cc1. The van der Waals surface area contributed by atoms with E-state index in [1.54, 1.807) is 6.26 Å². The second-order valence-corrected chi connectivity index (χ2v) is 6.06. The van der Waals surface area contributed by atoms with E-state index in [4.69, 9.17) is 9.40 Å². The van der Waals surface area contributed by atoms with Gasteiger partial charge in [-0.1, -0.05) is 30.3 Å². The van der Waals surface area contributed by atoms with Crippen LogP contribution in [0.4, 0.5) is 0 Å². The van der Waals surface area contributed by atoms with E-state index in [1.807, 2.05) is 42.5 Å². The first-order chi connectivity index (χ1) is 11.4. The zero-order chi connectivity index (χ0) is 15.5. The Kier molecular flexibility index (Phi) is 3.94. The van der Waals surface area contributed by atoms with Gasteiger partial charge in [-0.05, 0) is 31.5 Å². The summed E-state index contributed by atoms with van der Waals surface area (Å²) in [4.78, 5) is 7.15. The van der Waals surface area contributed by atoms with E-state index in [0.717, 1.165) is 49.0 Å². The average molecular weight is 308 g/mol. The molecule has 1 fully saturated rings. The normalized spacial score (nSPS) is 19.0. The highest BCUT2D eigenvalue weighted by Crippen LogP contribution is 2.27. The predicted molar refractivity (Wildman–Crippen MR) is 87.8 cm³/mol. The van der Waals surface area contributed by atoms with Gasteiger partial charge in [0, 0.05) is 18.0 Å². The number of hydrogen-bond donors (Lipinski definition) is 1. The molecule has 0 unspecified atom stereocenters. The van der Waals surface area contributed by atoms with Gasteiger partial charge in [0.25, 0.3) is 0 Å². The number of piperidine rings is 1. The molecule has 1 aliphatic heterocycles. The number of rotatable bonds is 4. The van der Waals surface area contributed by atoms with Gasteiger partial charge in [0.1, 0.15) is 11.6 Å². The standard InChI is InChI=1S/C18H20N4O/c1-2-6-14(7-3-1)17-19-18(21-20-17)15-8-4-10-22(12-15)13-16-9-5-11-23-16/h1-3,5-7,9,11,15H,4,8,10,12-13H2,(H,19,20,21)/t15-/m0/s1. The Morgan fingerprint density at radius 3 is 2.91 bits per heavy atom. The molecule has 0 radical (unpaired) electrons. The number of aromatic amines is 1. The molecule has 0 aliphatic carbocycles. The third-order valence-electron chi connectivity index (χ3n) is 4.39. The molecule has 1 aliphatic rings. The van der Waals surface area contributed by atoms with Crippen LogP contribution in [0.15, 0.2) is 53.1 Å². The lowest BCUT2D eigenvalue weighted by Gasteiger charge is -2.30. The molecule has 0 saturated carbocycles. The Morgan fingerprint density at radius 1 is 1.17 bits per heavy atom. The minimum absolute atomic E-state index is 0.406. The number of aromatic nitrogens is 3. The zero-order valence-electron chi connectivity index (χ0n) is 13.0. The topological polar surface area (TPSA) is 58.0 Å². The molecule has 1 saturated heterocycles. The van der Waals surface area contributed by atoms with Gasteiger partial charge in [-0.3, -0.25) is 10.00 Å². The minimum atomic E-state index is 0.406. The van der Waals surface area contributed by atoms with E-state index in [9.17, 15) is 0 Å². The number of H-pyrrole nitrogens is 1. The van der Waals surface area contributed by atoms with E-state index in [2.05, 4.69) is 15.1 Å². The predicted octanol–water partition coefficient (Wildman–Crippen LogP) is 3.44. The summed E-state index contributed by atoms with van der Waals surface area (Å²) < 4.78 is 5.46. The Bertz CT molecular complexity index is 735. The first kappa shape index (κ1) is 14.2. The van der Waals surface area contributed by atoms with Crippen LogP contribution in [0.1, 0.15) is 30.3 Å². The highest BCUT2D eigenvalue weighted by Gasteiger charge is 2.24. The summed E-state index contributed by atoms with van der Waals surface area (Å²) in [6.07, 6.45) is 4.06. The third-order valence-corrected chi connectivity index (χ3v) is 4.39. The Labute approximate surface area is 135 Å². The third kappa shape index (κ3) is 3.19. The molecule has 5 heteroatoms. The number of likely N-dealkylation sites (tertiary alicyclic amines) is 1. The molecule has 0 spiro atoms. The molecule has 3 aromatic rings. The summed E-state index contributed by atoms with van der Waals surface area (Å²) in [6.45, 7) is 2.96. The monoisotopic (exact) mass is 308 g/mol. The summed E-state index contributed by atoms with van der Waals surface area (Å²) in [5, 5.41) is 7.53. The van der Waals surface area contributed by atoms with E-state index in [-0.39, 0.29) is 0 Å². The highest BCUT2D eigenvalue weighted by atomic mass is 16.3. The van der Waals surface area contributed by atoms with Crippen molar-refractivity contribution >= 4 is 0 Å². The molecular weight excluding hydrogens is 288 g/mol. The summed E-state index contributed by atoms with van der Waals surface area (Å²) in [5.41, 5.74) is 1.05. The smallest absolute Gasteiger partial charge is 0.181 e. The van der Waals surface area contributed by atoms with Crippen molar-refractivity contribution < 1.29 is 4.42 Å². The van der Waals surface area contributed by atoms with Gasteiger partial charge in [0.2, 0.25) is 0 Å². The molecule has 5 nitrogen and oxygen atoms in total. The first-order valence-electron chi connectivity index (χ1n) is 8.11. The fourth-order valence-electron chi connectivity index (χ4n) is 3.22. The van der Waals surface area contributed by atoms with E-state index >= 15 is 0 Å². The van der Waals surface area contributed by atoms with Crippen molar-refractivity contribution in [2.75, 3.05) is 13.1 Å². The summed E-state index contributed by atoms with van der Waals surface area (Å²) in [5.74, 6) is 3.20. The molecule has 118 valence electrons. The van der Waals surface area contributed by atoms with Gasteiger partial charge in [0.15, 0.2) is 5.82 Å². The van der Waals surface area contributed by atoms with Gasteiger partial charge >= 0.3 is 0 Å². The van der Waals surface area contributed by atoms with E-state index in [1.165, 1.54) is 6.42 Å². The van der Waals surface area contributed by atoms with Gasteiger partial charge in [-0.25, -0.2) is 4.98 Å². The number of benzene rings is 1. The molecule has 0 bridgehead atoms. The van der Waals surface area contributed by atoms with Crippen molar-refractivity contribution in [2.24, 2.45) is 0 Å². The van der Waals surface area contributed by atoms with Crippen LogP contribution in [-0.2, 0) is 6.54 Å². The second-order valence-electron chi connectivity index (χ2n) is 6.06. The molecule has 1 aromatic carbocycles. The van der Waals surface area contributed by atoms with Crippen molar-refractivity contribution in [1.82, 2.24) is 20.1 Å². The maximum absolute atomic E-state index is 5.46. The van der Waals surface area contributed by atoms with Crippen LogP contribution in [0.2, 0.25) is 0 Å². The van der Waals surface area contributed by atoms with Gasteiger partial charge < -0.3 is 4.42 Å². The molecular formula is C18H20N4O. The van der Waals surface area contributed by atoms with Crippen molar-refractivity contribution in [1.29, 1.82) is 0 Å². The van der Waals surface area contributed by atoms with E-state index < -0.39 is 0 Å². The minimum Gasteiger partial charge on any atom is -0.468 e. The van der Waals surface area contributed by atoms with Crippen LogP contribution in [0, 0.1) is 0 Å². The van der Waals surface area contributed by atoms with Gasteiger partial charge in [0.05, 0.1) is 12.8 Å². The zero-order valence-corrected chi connectivity index (χ0v) is 13.0. The lowest BCUT2D eigenvalue weighted by Crippen LogP contribution is -2.34. The summed E-state index contributed by atoms with van der Waals surface area (Å²) in [6, 6.07) is 14.1. The Balaban J connectivity index is 1.46. The van der Waals surface area contributed by atoms with Crippen LogP contribution < -0.4 is 0 Å². The largest absolute Gasteiger partial charge is 0.468 e. The maximum atomic E-state index is 5.46. The molecule has 2 aromatic heterocycles. The molecule has 4 rings (SSSR count). The number of hydrogen-bond acceptors (Lipinski definition) is 4. The van der Waals surface area contributed by atoms with Crippen molar-refractivity contribution in [3.63, 3.8) is 0 Å². The van der Waals surface area contributed by atoms with Crippen molar-refractivity contribution in [2.45, 2.75) is 25.3 Å². The number of nitrogens with zero attached hydrogens (tertiary/aromatic N) is 3. The van der Waals surface area contributed by atoms with Crippen LogP contribution in [0.3, 0.4) is 0 Å². The maximum Gasteiger partial charge on any atom is 0.181 e. The van der Waals surface area contributed by atoms with Crippen LogP contribution in [0.5, 0.6) is 0 Å². The fraction of sp³-hybridized carbons (Fsp3) is 0.333. The van der Waals surface area contributed by atoms with Crippen LogP contribution >= 0.6 is 0 Å². The molecule has 3 heterocycles. The van der Waals surface area contributed by atoms with Crippen LogP contribution in [0.25, 0.3) is 11.4 Å². The summed E-state index contributed by atoms with van der Waals surface area (Å²) >= 11 is 0. The Morgan fingerprint density at radius 2 is 2.09 bits per heavy atom. The fourth-order valence-corrected chi connectivity index (χ4v) is 3.22. The van der Waals surface area contributed by atoms with Crippen LogP contribution in [-0.4, -0.2) is 33.2 Å². The molecule has 23 heavy (non-hydrogen) atoms. The highest BCUT2D eigenvalue weighted by molar-refractivity contribution is 5.53. The molecule has 0 amide bonds. The average Bonchev–Trinajstić information content (AvgIpc) is 3.28. The van der Waals surface area contributed by atoms with Crippen molar-refractivity contribution in [3.05, 3.63) is 60.3 Å². The Hall–Kier alpha value is -2.40. The van der Waals surface area contributed by atoms with E-state index in [0.29, 0.717) is 5.92 Å². The first-order valence-corrected chi connectivity index (χ1v) is 8.11. The number of furan rings is 1. The lowest BCUT2D eigenvalue weighted by atomic mass is 9.97. The molecule has 1 N–H and O–H groups in total. The molecule has 1 atom stereocenters. The lowest BCUT2D eigenvalue weighted by molar-refractivity contribution is 0.183. The second kappa shape index (κ2) is 6.38. The van der Waals surface area contributed by atoms with Gasteiger partial charge in [-0.15, -0.1) is 0 Å². The quantitative estimate of drug-likeness (QED) is 0.802. The van der Waals surface area contributed by atoms with Gasteiger partial charge in [-0.2, -0.15) is 5.10 Å². The van der Waals surface area contributed by atoms with Crippen molar-refractivity contribution in [3.8, 4) is 11.4 Å². The summed E-state index contributed by atoms with van der Waals surface area (Å²) in [7, 11) is 0. The number of nitrogens with one attached hydrogen (secondary N) is 1.